The number of ether oxygens (including phenoxy) is 1. The predicted octanol–water partition coefficient (Wildman–Crippen LogP) is 1.48. The number of guanidine groups is 1. The molecule has 0 bridgehead atoms. The van der Waals surface area contributed by atoms with E-state index in [1.54, 1.807) is 38.5 Å². The number of aliphatic imine (C=N–C) groups is 1. The standard InChI is InChI=1S/C20H26FN6O3/c1-22-19(25-23-2)27(3,4)18-8-5-13(10-24-18)16-7-6-14(9-17(16)21)26-11-15(12-28)30-20(26)29/h5-10,15,23,28H,11-12H2,1-4H3,(H,22,25)/q+1. The Labute approximate surface area is 174 Å². The van der Waals surface area contributed by atoms with E-state index < -0.39 is 18.0 Å². The lowest BCUT2D eigenvalue weighted by atomic mass is 10.1. The van der Waals surface area contributed by atoms with Crippen LogP contribution in [0, 0.1) is 5.82 Å². The van der Waals surface area contributed by atoms with Gasteiger partial charge in [-0.1, -0.05) is 0 Å². The SMILES string of the molecule is CN=C(NNC)[N+](C)(C)c1ccc(-c2ccc(N3CC(CO)OC3=O)cc2F)cn1. The number of aliphatic hydroxyl groups excluding tert-OH is 1. The Morgan fingerprint density at radius 3 is 2.70 bits per heavy atom. The minimum Gasteiger partial charge on any atom is -0.441 e. The predicted molar refractivity (Wildman–Crippen MR) is 114 cm³/mol. The van der Waals surface area contributed by atoms with Gasteiger partial charge in [0.2, 0.25) is 5.82 Å². The molecule has 3 rings (SSSR count). The molecule has 0 saturated carbocycles. The number of halogens is 1. The summed E-state index contributed by atoms with van der Waals surface area (Å²) in [4.78, 5) is 21.9. The van der Waals surface area contributed by atoms with Gasteiger partial charge < -0.3 is 9.84 Å². The maximum atomic E-state index is 14.8. The van der Waals surface area contributed by atoms with Crippen molar-refractivity contribution in [1.82, 2.24) is 20.3 Å². The van der Waals surface area contributed by atoms with Crippen LogP contribution < -0.4 is 20.2 Å². The van der Waals surface area contributed by atoms with Crippen LogP contribution in [0.25, 0.3) is 11.1 Å². The second-order valence-corrected chi connectivity index (χ2v) is 7.24. The maximum absolute atomic E-state index is 14.8. The number of quaternary nitrogens is 1. The number of benzene rings is 1. The summed E-state index contributed by atoms with van der Waals surface area (Å²) >= 11 is 0. The third kappa shape index (κ3) is 4.11. The Hall–Kier alpha value is -3.08. The van der Waals surface area contributed by atoms with Crippen molar-refractivity contribution in [1.29, 1.82) is 0 Å². The second kappa shape index (κ2) is 8.74. The van der Waals surface area contributed by atoms with Crippen molar-refractivity contribution in [3.63, 3.8) is 0 Å². The number of nitrogens with one attached hydrogen (secondary N) is 2. The number of aromatic nitrogens is 1. The molecule has 9 nitrogen and oxygen atoms in total. The van der Waals surface area contributed by atoms with E-state index in [0.717, 1.165) is 0 Å². The Morgan fingerprint density at radius 1 is 1.40 bits per heavy atom. The number of carbonyl (C=O) groups excluding carboxylic acids is 1. The molecular weight excluding hydrogens is 391 g/mol. The molecule has 0 radical (unpaired) electrons. The zero-order valence-electron chi connectivity index (χ0n) is 17.4. The fraction of sp³-hybridized carbons (Fsp3) is 0.350. The molecule has 0 aliphatic carbocycles. The fourth-order valence-corrected chi connectivity index (χ4v) is 3.28. The first-order valence-corrected chi connectivity index (χ1v) is 9.41. The molecule has 2 aromatic rings. The number of rotatable bonds is 5. The zero-order chi connectivity index (χ0) is 21.9. The molecule has 1 aliphatic heterocycles. The summed E-state index contributed by atoms with van der Waals surface area (Å²) in [5, 5.41) is 9.15. The van der Waals surface area contributed by atoms with Gasteiger partial charge in [-0.25, -0.2) is 29.1 Å². The summed E-state index contributed by atoms with van der Waals surface area (Å²) in [7, 11) is 7.29. The van der Waals surface area contributed by atoms with Crippen LogP contribution in [0.3, 0.4) is 0 Å². The van der Waals surface area contributed by atoms with Crippen LogP contribution in [0.15, 0.2) is 41.5 Å². The summed E-state index contributed by atoms with van der Waals surface area (Å²) in [6.45, 7) is -0.0939. The second-order valence-electron chi connectivity index (χ2n) is 7.24. The fourth-order valence-electron chi connectivity index (χ4n) is 3.28. The number of hydrazine groups is 1. The molecule has 1 fully saturated rings. The van der Waals surface area contributed by atoms with Gasteiger partial charge in [0.05, 0.1) is 32.9 Å². The van der Waals surface area contributed by atoms with Crippen molar-refractivity contribution in [3.8, 4) is 11.1 Å². The largest absolute Gasteiger partial charge is 0.441 e. The zero-order valence-corrected chi connectivity index (χ0v) is 17.4. The van der Waals surface area contributed by atoms with E-state index in [1.165, 1.54) is 11.0 Å². The summed E-state index contributed by atoms with van der Waals surface area (Å²) in [5.41, 5.74) is 7.19. The topological polar surface area (TPSA) is 99.1 Å². The quantitative estimate of drug-likeness (QED) is 0.295. The lowest BCUT2D eigenvalue weighted by Gasteiger charge is -2.28. The van der Waals surface area contributed by atoms with E-state index in [0.29, 0.717) is 28.6 Å². The number of cyclic esters (lactones) is 1. The van der Waals surface area contributed by atoms with Gasteiger partial charge in [0.25, 0.3) is 0 Å². The number of anilines is 1. The number of amides is 1. The van der Waals surface area contributed by atoms with Gasteiger partial charge in [-0.15, -0.1) is 0 Å². The maximum Gasteiger partial charge on any atom is 0.414 e. The van der Waals surface area contributed by atoms with E-state index in [4.69, 9.17) is 9.84 Å². The Balaban J connectivity index is 1.84. The molecule has 1 unspecified atom stereocenters. The summed E-state index contributed by atoms with van der Waals surface area (Å²) < 4.78 is 20.1. The molecular formula is C20H26FN6O3+. The van der Waals surface area contributed by atoms with Crippen LogP contribution in [-0.2, 0) is 4.74 Å². The lowest BCUT2D eigenvalue weighted by molar-refractivity contribution is 0.0963. The monoisotopic (exact) mass is 417 g/mol. The average molecular weight is 417 g/mol. The van der Waals surface area contributed by atoms with E-state index in [2.05, 4.69) is 20.8 Å². The number of aliphatic hydroxyl groups is 1. The highest BCUT2D eigenvalue weighted by atomic mass is 19.1. The van der Waals surface area contributed by atoms with Crippen LogP contribution in [-0.4, -0.2) is 69.6 Å². The highest BCUT2D eigenvalue weighted by Gasteiger charge is 2.32. The first-order chi connectivity index (χ1) is 14.3. The van der Waals surface area contributed by atoms with Crippen molar-refractivity contribution in [3.05, 3.63) is 42.3 Å². The van der Waals surface area contributed by atoms with Gasteiger partial charge in [-0.05, 0) is 24.3 Å². The van der Waals surface area contributed by atoms with Gasteiger partial charge in [-0.2, -0.15) is 0 Å². The molecule has 1 aromatic carbocycles. The molecule has 30 heavy (non-hydrogen) atoms. The average Bonchev–Trinajstić information content (AvgIpc) is 3.12. The molecule has 160 valence electrons. The highest BCUT2D eigenvalue weighted by molar-refractivity contribution is 5.90. The molecule has 1 atom stereocenters. The third-order valence-corrected chi connectivity index (χ3v) is 4.95. The van der Waals surface area contributed by atoms with Gasteiger partial charge in [0.1, 0.15) is 11.9 Å². The smallest absolute Gasteiger partial charge is 0.414 e. The van der Waals surface area contributed by atoms with Crippen molar-refractivity contribution < 1.29 is 19.0 Å². The minimum atomic E-state index is -0.604. The number of hydrogen-bond acceptors (Lipinski definition) is 6. The third-order valence-electron chi connectivity index (χ3n) is 4.95. The number of pyridine rings is 1. The summed E-state index contributed by atoms with van der Waals surface area (Å²) in [6.07, 6.45) is 0.398. The number of nitrogens with zero attached hydrogens (tertiary/aromatic N) is 4. The lowest BCUT2D eigenvalue weighted by Crippen LogP contribution is -2.57. The van der Waals surface area contributed by atoms with Gasteiger partial charge >= 0.3 is 12.1 Å². The van der Waals surface area contributed by atoms with Crippen molar-refractivity contribution in [2.45, 2.75) is 6.10 Å². The highest BCUT2D eigenvalue weighted by Crippen LogP contribution is 2.30. The molecule has 2 heterocycles. The van der Waals surface area contributed by atoms with Crippen molar-refractivity contribution in [2.75, 3.05) is 46.2 Å². The van der Waals surface area contributed by atoms with Crippen molar-refractivity contribution in [2.24, 2.45) is 4.99 Å². The number of hydrogen-bond donors (Lipinski definition) is 3. The van der Waals surface area contributed by atoms with E-state index in [9.17, 15) is 9.18 Å². The molecule has 1 aromatic heterocycles. The van der Waals surface area contributed by atoms with Crippen LogP contribution in [0.1, 0.15) is 0 Å². The van der Waals surface area contributed by atoms with E-state index in [-0.39, 0.29) is 17.6 Å². The van der Waals surface area contributed by atoms with E-state index >= 15 is 0 Å². The molecule has 1 amide bonds. The van der Waals surface area contributed by atoms with E-state index in [1.807, 2.05) is 20.2 Å². The molecule has 3 N–H and O–H groups in total. The summed E-state index contributed by atoms with van der Waals surface area (Å²) in [5.74, 6) is 0.893. The van der Waals surface area contributed by atoms with Crippen LogP contribution >= 0.6 is 0 Å². The normalized spacial score (nSPS) is 17.3. The van der Waals surface area contributed by atoms with Gasteiger partial charge in [-0.3, -0.25) is 10.3 Å². The first-order valence-electron chi connectivity index (χ1n) is 9.41. The molecule has 1 aliphatic rings. The van der Waals surface area contributed by atoms with Gasteiger partial charge in [0.15, 0.2) is 0 Å². The van der Waals surface area contributed by atoms with Gasteiger partial charge in [0, 0.05) is 37.5 Å². The Morgan fingerprint density at radius 2 is 2.17 bits per heavy atom. The molecule has 10 heteroatoms. The number of carbonyl (C=O) groups is 1. The minimum absolute atomic E-state index is 0.180. The molecule has 1 saturated heterocycles. The Bertz CT molecular complexity index is 948. The molecule has 0 spiro atoms. The van der Waals surface area contributed by atoms with Crippen LogP contribution in [0.5, 0.6) is 0 Å². The first kappa shape index (κ1) is 21.6. The summed E-state index contributed by atoms with van der Waals surface area (Å²) in [6, 6.07) is 8.13. The van der Waals surface area contributed by atoms with Crippen molar-refractivity contribution >= 4 is 23.6 Å². The Kier molecular flexibility index (Phi) is 6.30. The van der Waals surface area contributed by atoms with Crippen LogP contribution in [0.4, 0.5) is 20.7 Å². The van der Waals surface area contributed by atoms with Crippen LogP contribution in [0.2, 0.25) is 0 Å².